The van der Waals surface area contributed by atoms with Gasteiger partial charge in [0.2, 0.25) is 11.8 Å². The van der Waals surface area contributed by atoms with Crippen LogP contribution in [0.5, 0.6) is 11.5 Å². The molecule has 66 heavy (non-hydrogen) atoms. The zero-order valence-electron chi connectivity index (χ0n) is 41.1. The van der Waals surface area contributed by atoms with Crippen molar-refractivity contribution in [3.63, 3.8) is 0 Å². The van der Waals surface area contributed by atoms with Crippen molar-refractivity contribution in [3.8, 4) is 11.5 Å². The van der Waals surface area contributed by atoms with E-state index in [0.29, 0.717) is 63.8 Å². The Morgan fingerprint density at radius 3 is 1.71 bits per heavy atom. The summed E-state index contributed by atoms with van der Waals surface area (Å²) in [7, 11) is 0. The predicted molar refractivity (Wildman–Crippen MR) is 255 cm³/mol. The number of carbonyl (C=O) groups excluding carboxylic acids is 6. The third kappa shape index (κ3) is 21.1. The topological polar surface area (TPSA) is 233 Å². The minimum absolute atomic E-state index is 0.0115. The summed E-state index contributed by atoms with van der Waals surface area (Å²) in [6.45, 7) is 21.1. The number of carbonyl (C=O) groups is 6. The molecule has 3 rings (SSSR count). The van der Waals surface area contributed by atoms with E-state index in [0.717, 1.165) is 25.0 Å². The van der Waals surface area contributed by atoms with E-state index < -0.39 is 28.1 Å². The Hall–Kier alpha value is -4.33. The zero-order chi connectivity index (χ0) is 49.0. The van der Waals surface area contributed by atoms with Crippen LogP contribution >= 0.6 is 11.8 Å². The summed E-state index contributed by atoms with van der Waals surface area (Å²) >= 11 is 1.87. The summed E-state index contributed by atoms with van der Waals surface area (Å²) in [6.07, 6.45) is 4.84. The predicted octanol–water partition coefficient (Wildman–Crippen LogP) is 3.99. The fourth-order valence-electron chi connectivity index (χ4n) is 7.27. The molecule has 0 aliphatic carbocycles. The summed E-state index contributed by atoms with van der Waals surface area (Å²) in [5.74, 6) is -0.188. The average Bonchev–Trinajstić information content (AvgIpc) is 3.80. The van der Waals surface area contributed by atoms with Crippen LogP contribution in [0.25, 0.3) is 0 Å². The van der Waals surface area contributed by atoms with Gasteiger partial charge in [-0.1, -0.05) is 6.42 Å². The van der Waals surface area contributed by atoms with Gasteiger partial charge in [-0.25, -0.2) is 4.79 Å². The highest BCUT2D eigenvalue weighted by Crippen LogP contribution is 2.33. The Kier molecular flexibility index (Phi) is 22.8. The van der Waals surface area contributed by atoms with Gasteiger partial charge in [-0.3, -0.25) is 24.0 Å². The summed E-state index contributed by atoms with van der Waals surface area (Å²) in [5.41, 5.74) is -2.13. The first kappa shape index (κ1) is 56.0. The van der Waals surface area contributed by atoms with Gasteiger partial charge in [0, 0.05) is 75.0 Å². The highest BCUT2D eigenvalue weighted by molar-refractivity contribution is 8.00. The van der Waals surface area contributed by atoms with E-state index in [-0.39, 0.29) is 91.7 Å². The van der Waals surface area contributed by atoms with Crippen molar-refractivity contribution in [1.82, 2.24) is 37.2 Å². The van der Waals surface area contributed by atoms with Crippen molar-refractivity contribution < 1.29 is 52.5 Å². The normalized spacial score (nSPS) is 17.2. The maximum absolute atomic E-state index is 13.4. The van der Waals surface area contributed by atoms with Crippen molar-refractivity contribution in [1.29, 1.82) is 0 Å². The molecule has 7 N–H and O–H groups in total. The molecule has 18 nitrogen and oxygen atoms in total. The number of thioether (sulfide) groups is 1. The second kappa shape index (κ2) is 26.9. The molecule has 0 spiro atoms. The highest BCUT2D eigenvalue weighted by atomic mass is 32.2. The second-order valence-electron chi connectivity index (χ2n) is 19.3. The third-order valence-electron chi connectivity index (χ3n) is 11.3. The van der Waals surface area contributed by atoms with Gasteiger partial charge in [-0.15, -0.1) is 0 Å². The quantitative estimate of drug-likeness (QED) is 0.0402. The van der Waals surface area contributed by atoms with Gasteiger partial charge in [0.1, 0.15) is 11.5 Å². The largest absolute Gasteiger partial charge is 0.484 e. The van der Waals surface area contributed by atoms with E-state index >= 15 is 0 Å². The number of ether oxygens (including phenoxy) is 5. The van der Waals surface area contributed by atoms with Gasteiger partial charge < -0.3 is 60.9 Å². The van der Waals surface area contributed by atoms with E-state index in [1.807, 2.05) is 67.2 Å². The van der Waals surface area contributed by atoms with Crippen molar-refractivity contribution in [3.05, 3.63) is 23.8 Å². The van der Waals surface area contributed by atoms with Crippen molar-refractivity contribution >= 4 is 47.3 Å². The fraction of sp³-hybridized carbons (Fsp3) is 0.745. The second-order valence-corrected chi connectivity index (χ2v) is 20.5. The van der Waals surface area contributed by atoms with Crippen LogP contribution in [0, 0.1) is 5.41 Å². The Labute approximate surface area is 396 Å². The Morgan fingerprint density at radius 2 is 1.17 bits per heavy atom. The van der Waals surface area contributed by atoms with Gasteiger partial charge >= 0.3 is 6.03 Å². The molecule has 0 saturated carbocycles. The lowest BCUT2D eigenvalue weighted by atomic mass is 9.93. The lowest BCUT2D eigenvalue weighted by molar-refractivity contribution is -0.137. The number of benzene rings is 1. The van der Waals surface area contributed by atoms with Crippen molar-refractivity contribution in [2.24, 2.45) is 5.41 Å². The molecule has 2 saturated heterocycles. The maximum Gasteiger partial charge on any atom is 0.315 e. The molecule has 19 heteroatoms. The molecule has 7 amide bonds. The number of unbranched alkanes of at least 4 members (excludes halogenated alkanes) is 1. The Bertz CT molecular complexity index is 1700. The molecule has 0 radical (unpaired) electrons. The van der Waals surface area contributed by atoms with Crippen LogP contribution in [-0.4, -0.2) is 141 Å². The van der Waals surface area contributed by atoms with Crippen LogP contribution in [0.1, 0.15) is 125 Å². The monoisotopic (exact) mass is 950 g/mol. The van der Waals surface area contributed by atoms with E-state index in [2.05, 4.69) is 37.2 Å². The summed E-state index contributed by atoms with van der Waals surface area (Å²) < 4.78 is 29.1. The molecule has 0 aromatic heterocycles. The molecule has 2 heterocycles. The summed E-state index contributed by atoms with van der Waals surface area (Å²) in [6, 6.07) is 4.72. The molecule has 2 aliphatic rings. The molecular weight excluding hydrogens is 871 g/mol. The molecule has 0 bridgehead atoms. The number of rotatable bonds is 32. The van der Waals surface area contributed by atoms with Crippen molar-refractivity contribution in [2.75, 3.05) is 71.5 Å². The SMILES string of the molecule is CCOC(C)(C)CCNC(=O)COc1cc(OCC(=O)NCCC(C)(C)OCC)cc(C(=O)NCCNC(=O)C(C)(C)COC(C)(C)CCNC(=O)CCCC[C@@H]2SC[C@@H]3NC(=O)N[C@@H]32)c1. The number of urea groups is 1. The number of hydrogen-bond donors (Lipinski definition) is 7. The maximum atomic E-state index is 13.4. The van der Waals surface area contributed by atoms with Gasteiger partial charge in [0.05, 0.1) is 40.9 Å². The first-order valence-electron chi connectivity index (χ1n) is 23.4. The number of nitrogens with one attached hydrogen (secondary N) is 7. The number of amides is 7. The van der Waals surface area contributed by atoms with Crippen LogP contribution in [0.4, 0.5) is 4.79 Å². The first-order valence-corrected chi connectivity index (χ1v) is 24.5. The molecule has 1 aromatic carbocycles. The van der Waals surface area contributed by atoms with E-state index in [1.165, 1.54) is 18.2 Å². The average molecular weight is 950 g/mol. The van der Waals surface area contributed by atoms with E-state index in [9.17, 15) is 28.8 Å². The van der Waals surface area contributed by atoms with Gasteiger partial charge in [0.15, 0.2) is 13.2 Å². The van der Waals surface area contributed by atoms with Gasteiger partial charge in [0.25, 0.3) is 17.7 Å². The first-order chi connectivity index (χ1) is 31.0. The minimum Gasteiger partial charge on any atom is -0.484 e. The van der Waals surface area contributed by atoms with Gasteiger partial charge in [-0.2, -0.15) is 11.8 Å². The fourth-order valence-corrected chi connectivity index (χ4v) is 8.82. The lowest BCUT2D eigenvalue weighted by Gasteiger charge is -2.31. The molecule has 374 valence electrons. The Balaban J connectivity index is 1.43. The van der Waals surface area contributed by atoms with Crippen LogP contribution in [0.3, 0.4) is 0 Å². The third-order valence-corrected chi connectivity index (χ3v) is 12.8. The number of fused-ring (bicyclic) bond motifs is 1. The van der Waals surface area contributed by atoms with E-state index in [4.69, 9.17) is 23.7 Å². The minimum atomic E-state index is -0.894. The smallest absolute Gasteiger partial charge is 0.315 e. The van der Waals surface area contributed by atoms with Crippen LogP contribution in [0.15, 0.2) is 18.2 Å². The lowest BCUT2D eigenvalue weighted by Crippen LogP contribution is -2.45. The molecule has 1 aromatic rings. The molecule has 0 unspecified atom stereocenters. The summed E-state index contributed by atoms with van der Waals surface area (Å²) in [4.78, 5) is 76.0. The zero-order valence-corrected chi connectivity index (χ0v) is 41.9. The summed E-state index contributed by atoms with van der Waals surface area (Å²) in [5, 5.41) is 20.6. The van der Waals surface area contributed by atoms with Crippen LogP contribution in [-0.2, 0) is 33.4 Å². The van der Waals surface area contributed by atoms with Crippen molar-refractivity contribution in [2.45, 2.75) is 148 Å². The van der Waals surface area contributed by atoms with Crippen LogP contribution < -0.4 is 46.7 Å². The molecule has 2 aliphatic heterocycles. The van der Waals surface area contributed by atoms with E-state index in [1.54, 1.807) is 13.8 Å². The van der Waals surface area contributed by atoms with Gasteiger partial charge in [-0.05, 0) is 113 Å². The molecule has 2 fully saturated rings. The molecular formula is C47H79N7O11S. The van der Waals surface area contributed by atoms with Crippen LogP contribution in [0.2, 0.25) is 0 Å². The molecule has 3 atom stereocenters. The Morgan fingerprint density at radius 1 is 0.652 bits per heavy atom. The highest BCUT2D eigenvalue weighted by Gasteiger charge is 2.42. The number of hydrogen-bond acceptors (Lipinski definition) is 12. The standard InChI is InChI=1S/C47H79N7O11S/c1-11-63-45(5,6)17-21-49-38(56)28-61-33-25-32(26-34(27-33)62-29-39(57)50-22-18-46(7,8)64-12-2)41(58)51-23-24-52-42(59)44(3,4)31-65-47(9,10)19-20-48-37(55)16-14-13-15-36-40-35(30-66-36)53-43(60)54-40/h25-27,35-36,40H,11-24,28-31H2,1-10H3,(H,48,55)(H,49,56)(H,50,57)(H,51,58)(H,52,59)(H2,53,54,60)/t35-,36-,40-/m0/s1.